The van der Waals surface area contributed by atoms with Crippen molar-refractivity contribution < 1.29 is 9.53 Å². The summed E-state index contributed by atoms with van der Waals surface area (Å²) in [6.45, 7) is 2.32. The highest BCUT2D eigenvalue weighted by molar-refractivity contribution is 5.76. The van der Waals surface area contributed by atoms with Gasteiger partial charge in [0, 0.05) is 25.6 Å². The molecule has 0 aromatic heterocycles. The van der Waals surface area contributed by atoms with Crippen molar-refractivity contribution in [3.63, 3.8) is 0 Å². The van der Waals surface area contributed by atoms with Gasteiger partial charge in [-0.2, -0.15) is 0 Å². The van der Waals surface area contributed by atoms with Crippen molar-refractivity contribution in [2.45, 2.75) is 51.0 Å². The molecule has 0 aliphatic carbocycles. The normalized spacial score (nSPS) is 16.6. The van der Waals surface area contributed by atoms with Crippen molar-refractivity contribution in [1.82, 2.24) is 4.90 Å². The van der Waals surface area contributed by atoms with Crippen molar-refractivity contribution in [1.29, 1.82) is 0 Å². The van der Waals surface area contributed by atoms with Gasteiger partial charge in [0.05, 0.1) is 6.61 Å². The minimum absolute atomic E-state index is 0.303. The maximum Gasteiger partial charge on any atom is 0.222 e. The summed E-state index contributed by atoms with van der Waals surface area (Å²) in [5.74, 6) is 0.303. The number of hydrogen-bond acceptors (Lipinski definition) is 2. The Morgan fingerprint density at radius 1 is 0.926 bits per heavy atom. The third kappa shape index (κ3) is 6.51. The van der Waals surface area contributed by atoms with Crippen molar-refractivity contribution in [2.75, 3.05) is 19.8 Å². The standard InChI is InChI=1S/C24H31NO2/c26-24(14-8-19-27-20-17-22-11-5-2-6-12-22)25-18-7-13-23(25)16-15-21-9-3-1-4-10-21/h1-6,9-12,23H,7-8,13-20H2/t23-/m1/s1. The van der Waals surface area contributed by atoms with Gasteiger partial charge < -0.3 is 9.64 Å². The molecule has 1 heterocycles. The first-order valence-corrected chi connectivity index (χ1v) is 10.3. The lowest BCUT2D eigenvalue weighted by atomic mass is 10.0. The minimum Gasteiger partial charge on any atom is -0.381 e. The number of nitrogens with zero attached hydrogens (tertiary/aromatic N) is 1. The second-order valence-corrected chi connectivity index (χ2v) is 7.36. The van der Waals surface area contributed by atoms with E-state index in [9.17, 15) is 4.79 Å². The Hall–Kier alpha value is -2.13. The minimum atomic E-state index is 0.303. The van der Waals surface area contributed by atoms with Gasteiger partial charge >= 0.3 is 0 Å². The first-order valence-electron chi connectivity index (χ1n) is 10.3. The third-order valence-electron chi connectivity index (χ3n) is 5.36. The molecule has 1 amide bonds. The number of aryl methyl sites for hydroxylation is 1. The van der Waals surface area contributed by atoms with Gasteiger partial charge in [-0.15, -0.1) is 0 Å². The summed E-state index contributed by atoms with van der Waals surface area (Å²) in [5, 5.41) is 0. The fraction of sp³-hybridized carbons (Fsp3) is 0.458. The molecule has 2 aromatic carbocycles. The molecule has 1 atom stereocenters. The number of rotatable bonds is 10. The SMILES string of the molecule is O=C(CCCOCCc1ccccc1)N1CCC[C@@H]1CCc1ccccc1. The molecular weight excluding hydrogens is 334 g/mol. The van der Waals surface area contributed by atoms with Crippen LogP contribution in [0.1, 0.15) is 43.2 Å². The molecule has 0 spiro atoms. The van der Waals surface area contributed by atoms with E-state index in [1.807, 2.05) is 6.07 Å². The van der Waals surface area contributed by atoms with Crippen molar-refractivity contribution in [3.8, 4) is 0 Å². The Morgan fingerprint density at radius 3 is 2.30 bits per heavy atom. The van der Waals surface area contributed by atoms with E-state index in [2.05, 4.69) is 59.5 Å². The molecule has 0 saturated carbocycles. The summed E-state index contributed by atoms with van der Waals surface area (Å²) in [6.07, 6.45) is 6.76. The Bertz CT molecular complexity index is 671. The molecule has 3 heteroatoms. The number of carbonyl (C=O) groups excluding carboxylic acids is 1. The predicted molar refractivity (Wildman–Crippen MR) is 110 cm³/mol. The first kappa shape index (κ1) is 19.6. The number of likely N-dealkylation sites (tertiary alicyclic amines) is 1. The van der Waals surface area contributed by atoms with E-state index in [4.69, 9.17) is 4.74 Å². The van der Waals surface area contributed by atoms with Crippen molar-refractivity contribution >= 4 is 5.91 Å². The van der Waals surface area contributed by atoms with Gasteiger partial charge in [0.25, 0.3) is 0 Å². The predicted octanol–water partition coefficient (Wildman–Crippen LogP) is 4.65. The molecule has 3 rings (SSSR count). The highest BCUT2D eigenvalue weighted by Crippen LogP contribution is 2.23. The molecule has 1 aliphatic heterocycles. The van der Waals surface area contributed by atoms with Crippen LogP contribution in [0.15, 0.2) is 60.7 Å². The van der Waals surface area contributed by atoms with Crippen LogP contribution in [0.4, 0.5) is 0 Å². The summed E-state index contributed by atoms with van der Waals surface area (Å²) in [4.78, 5) is 14.7. The zero-order valence-electron chi connectivity index (χ0n) is 16.2. The molecule has 1 saturated heterocycles. The van der Waals surface area contributed by atoms with Gasteiger partial charge in [0.15, 0.2) is 0 Å². The maximum atomic E-state index is 12.6. The molecule has 0 radical (unpaired) electrons. The molecule has 0 unspecified atom stereocenters. The van der Waals surface area contributed by atoms with Crippen LogP contribution >= 0.6 is 0 Å². The van der Waals surface area contributed by atoms with E-state index in [1.165, 1.54) is 11.1 Å². The summed E-state index contributed by atoms with van der Waals surface area (Å²) >= 11 is 0. The molecule has 1 fully saturated rings. The molecule has 0 bridgehead atoms. The molecule has 144 valence electrons. The van der Waals surface area contributed by atoms with Crippen molar-refractivity contribution in [2.24, 2.45) is 0 Å². The van der Waals surface area contributed by atoms with Crippen LogP contribution in [0, 0.1) is 0 Å². The highest BCUT2D eigenvalue weighted by Gasteiger charge is 2.27. The second-order valence-electron chi connectivity index (χ2n) is 7.36. The van der Waals surface area contributed by atoms with E-state index in [0.717, 1.165) is 51.7 Å². The number of hydrogen-bond donors (Lipinski definition) is 0. The summed E-state index contributed by atoms with van der Waals surface area (Å²) in [6, 6.07) is 21.4. The largest absolute Gasteiger partial charge is 0.381 e. The molecular formula is C24H31NO2. The Balaban J connectivity index is 1.31. The van der Waals surface area contributed by atoms with Crippen LogP contribution in [0.3, 0.4) is 0 Å². The van der Waals surface area contributed by atoms with E-state index < -0.39 is 0 Å². The van der Waals surface area contributed by atoms with E-state index >= 15 is 0 Å². The van der Waals surface area contributed by atoms with Gasteiger partial charge in [-0.3, -0.25) is 4.79 Å². The lowest BCUT2D eigenvalue weighted by molar-refractivity contribution is -0.132. The van der Waals surface area contributed by atoms with Crippen LogP contribution in [-0.2, 0) is 22.4 Å². The Labute approximate surface area is 163 Å². The van der Waals surface area contributed by atoms with Crippen molar-refractivity contribution in [3.05, 3.63) is 71.8 Å². The van der Waals surface area contributed by atoms with Gasteiger partial charge in [-0.25, -0.2) is 0 Å². The number of carbonyl (C=O) groups is 1. The highest BCUT2D eigenvalue weighted by atomic mass is 16.5. The zero-order chi connectivity index (χ0) is 18.7. The summed E-state index contributed by atoms with van der Waals surface area (Å²) < 4.78 is 5.71. The van der Waals surface area contributed by atoms with Gasteiger partial charge in [-0.1, -0.05) is 60.7 Å². The third-order valence-corrected chi connectivity index (χ3v) is 5.36. The lowest BCUT2D eigenvalue weighted by Gasteiger charge is -2.25. The number of ether oxygens (including phenoxy) is 1. The van der Waals surface area contributed by atoms with E-state index in [1.54, 1.807) is 0 Å². The van der Waals surface area contributed by atoms with E-state index in [-0.39, 0.29) is 0 Å². The molecule has 27 heavy (non-hydrogen) atoms. The monoisotopic (exact) mass is 365 g/mol. The summed E-state index contributed by atoms with van der Waals surface area (Å²) in [5.41, 5.74) is 2.66. The lowest BCUT2D eigenvalue weighted by Crippen LogP contribution is -2.35. The van der Waals surface area contributed by atoms with E-state index in [0.29, 0.717) is 25.0 Å². The Morgan fingerprint density at radius 2 is 1.59 bits per heavy atom. The fourth-order valence-corrected chi connectivity index (χ4v) is 3.85. The van der Waals surface area contributed by atoms with Crippen LogP contribution in [-0.4, -0.2) is 36.6 Å². The number of benzene rings is 2. The van der Waals surface area contributed by atoms with Crippen LogP contribution in [0.25, 0.3) is 0 Å². The fourth-order valence-electron chi connectivity index (χ4n) is 3.85. The molecule has 3 nitrogen and oxygen atoms in total. The summed E-state index contributed by atoms with van der Waals surface area (Å²) in [7, 11) is 0. The van der Waals surface area contributed by atoms with Crippen LogP contribution in [0.2, 0.25) is 0 Å². The number of amides is 1. The van der Waals surface area contributed by atoms with Crippen LogP contribution < -0.4 is 0 Å². The average molecular weight is 366 g/mol. The molecule has 0 N–H and O–H groups in total. The maximum absolute atomic E-state index is 12.6. The van der Waals surface area contributed by atoms with Gasteiger partial charge in [0.1, 0.15) is 0 Å². The second kappa shape index (κ2) is 10.9. The average Bonchev–Trinajstić information content (AvgIpc) is 3.19. The van der Waals surface area contributed by atoms with Gasteiger partial charge in [-0.05, 0) is 49.7 Å². The van der Waals surface area contributed by atoms with Gasteiger partial charge in [0.2, 0.25) is 5.91 Å². The molecule has 1 aliphatic rings. The Kier molecular flexibility index (Phi) is 7.91. The first-order chi connectivity index (χ1) is 13.3. The zero-order valence-corrected chi connectivity index (χ0v) is 16.2. The quantitative estimate of drug-likeness (QED) is 0.574. The van der Waals surface area contributed by atoms with Crippen LogP contribution in [0.5, 0.6) is 0 Å². The molecule has 2 aromatic rings. The smallest absolute Gasteiger partial charge is 0.222 e. The topological polar surface area (TPSA) is 29.5 Å².